The van der Waals surface area contributed by atoms with E-state index in [4.69, 9.17) is 6.42 Å². The molecule has 1 heterocycles. The van der Waals surface area contributed by atoms with Crippen molar-refractivity contribution >= 4 is 20.0 Å². The van der Waals surface area contributed by atoms with Crippen LogP contribution in [0.3, 0.4) is 0 Å². The highest BCUT2D eigenvalue weighted by atomic mass is 32.2. The minimum atomic E-state index is -3.78. The Morgan fingerprint density at radius 2 is 1.38 bits per heavy atom. The van der Waals surface area contributed by atoms with Gasteiger partial charge in [0.15, 0.2) is 0 Å². The van der Waals surface area contributed by atoms with Gasteiger partial charge in [0.25, 0.3) is 0 Å². The second-order valence-corrected chi connectivity index (χ2v) is 12.4. The quantitative estimate of drug-likeness (QED) is 0.468. The predicted molar refractivity (Wildman–Crippen MR) is 132 cm³/mol. The zero-order chi connectivity index (χ0) is 24.5. The van der Waals surface area contributed by atoms with Crippen LogP contribution in [0.4, 0.5) is 0 Å². The summed E-state index contributed by atoms with van der Waals surface area (Å²) in [7, 11) is -7.41. The van der Waals surface area contributed by atoms with Crippen molar-refractivity contribution in [3.05, 3.63) is 94.5 Å². The first-order chi connectivity index (χ1) is 16.1. The van der Waals surface area contributed by atoms with E-state index in [0.29, 0.717) is 0 Å². The number of terminal acetylenes is 1. The van der Waals surface area contributed by atoms with E-state index in [9.17, 15) is 16.8 Å². The van der Waals surface area contributed by atoms with Crippen molar-refractivity contribution in [1.29, 1.82) is 0 Å². The summed E-state index contributed by atoms with van der Waals surface area (Å²) in [5.74, 6) is 2.44. The predicted octanol–water partition coefficient (Wildman–Crippen LogP) is 3.83. The Hall–Kier alpha value is -2.96. The van der Waals surface area contributed by atoms with E-state index in [1.807, 2.05) is 32.0 Å². The summed E-state index contributed by atoms with van der Waals surface area (Å²) < 4.78 is 55.2. The van der Waals surface area contributed by atoms with Crippen LogP contribution < -0.4 is 0 Å². The monoisotopic (exact) mass is 494 g/mol. The van der Waals surface area contributed by atoms with Crippen LogP contribution in [-0.2, 0) is 39.7 Å². The minimum absolute atomic E-state index is 0.0682. The van der Waals surface area contributed by atoms with Crippen LogP contribution in [-0.4, -0.2) is 32.0 Å². The van der Waals surface area contributed by atoms with E-state index in [0.717, 1.165) is 27.8 Å². The molecule has 3 aromatic rings. The standard InChI is InChI=1S/C26H26N2O4S2/c1-4-15-27(33(29,30)25-11-5-20(2)6-12-25)17-22-9-10-23-18-28(19-24(23)16-22)34(31,32)26-13-7-21(3)8-14-26/h1,5-14,16H,15,17-19H2,2-3H3. The lowest BCUT2D eigenvalue weighted by atomic mass is 10.1. The van der Waals surface area contributed by atoms with Crippen molar-refractivity contribution in [2.45, 2.75) is 43.3 Å². The Bertz CT molecular complexity index is 1450. The lowest BCUT2D eigenvalue weighted by molar-refractivity contribution is 0.431. The molecule has 3 aromatic carbocycles. The van der Waals surface area contributed by atoms with Gasteiger partial charge in [0, 0.05) is 19.6 Å². The average Bonchev–Trinajstić information content (AvgIpc) is 3.24. The van der Waals surface area contributed by atoms with Gasteiger partial charge in [-0.1, -0.05) is 59.5 Å². The van der Waals surface area contributed by atoms with Gasteiger partial charge in [-0.15, -0.1) is 6.42 Å². The number of fused-ring (bicyclic) bond motifs is 1. The maximum absolute atomic E-state index is 13.2. The van der Waals surface area contributed by atoms with Crippen molar-refractivity contribution in [1.82, 2.24) is 8.61 Å². The Morgan fingerprint density at radius 3 is 1.97 bits per heavy atom. The van der Waals surface area contributed by atoms with Gasteiger partial charge < -0.3 is 0 Å². The summed E-state index contributed by atoms with van der Waals surface area (Å²) in [5.41, 5.74) is 4.47. The fraction of sp³-hybridized carbons (Fsp3) is 0.231. The van der Waals surface area contributed by atoms with E-state index >= 15 is 0 Å². The third-order valence-corrected chi connectivity index (χ3v) is 9.52. The summed E-state index contributed by atoms with van der Waals surface area (Å²) in [4.78, 5) is 0.445. The molecule has 0 saturated carbocycles. The highest BCUT2D eigenvalue weighted by Crippen LogP contribution is 2.30. The van der Waals surface area contributed by atoms with E-state index < -0.39 is 20.0 Å². The van der Waals surface area contributed by atoms with Crippen LogP contribution in [0.1, 0.15) is 27.8 Å². The number of aryl methyl sites for hydroxylation is 2. The van der Waals surface area contributed by atoms with Crippen molar-refractivity contribution in [3.63, 3.8) is 0 Å². The van der Waals surface area contributed by atoms with E-state index in [-0.39, 0.29) is 36.0 Å². The van der Waals surface area contributed by atoms with Gasteiger partial charge >= 0.3 is 0 Å². The van der Waals surface area contributed by atoms with Gasteiger partial charge in [0.05, 0.1) is 16.3 Å². The summed E-state index contributed by atoms with van der Waals surface area (Å²) in [5, 5.41) is 0. The zero-order valence-corrected chi connectivity index (χ0v) is 20.7. The van der Waals surface area contributed by atoms with Gasteiger partial charge in [0.2, 0.25) is 20.0 Å². The smallest absolute Gasteiger partial charge is 0.207 e. The van der Waals surface area contributed by atoms with Crippen LogP contribution in [0.2, 0.25) is 0 Å². The molecule has 0 fully saturated rings. The third-order valence-electron chi connectivity index (χ3n) is 5.91. The second kappa shape index (κ2) is 9.35. The number of benzene rings is 3. The fourth-order valence-corrected chi connectivity index (χ4v) is 6.67. The molecule has 0 unspecified atom stereocenters. The van der Waals surface area contributed by atoms with E-state index in [1.165, 1.54) is 8.61 Å². The van der Waals surface area contributed by atoms with Crippen molar-refractivity contribution < 1.29 is 16.8 Å². The van der Waals surface area contributed by atoms with Crippen LogP contribution in [0, 0.1) is 26.2 Å². The largest absolute Gasteiger partial charge is 0.244 e. The molecule has 0 saturated heterocycles. The van der Waals surface area contributed by atoms with E-state index in [2.05, 4.69) is 5.92 Å². The van der Waals surface area contributed by atoms with Crippen LogP contribution in [0.5, 0.6) is 0 Å². The summed E-state index contributed by atoms with van der Waals surface area (Å²) in [6, 6.07) is 19.0. The topological polar surface area (TPSA) is 74.8 Å². The van der Waals surface area contributed by atoms with E-state index in [1.54, 1.807) is 48.5 Å². The summed E-state index contributed by atoms with van der Waals surface area (Å²) in [6.07, 6.45) is 5.47. The number of sulfonamides is 2. The Morgan fingerprint density at radius 1 is 0.824 bits per heavy atom. The number of hydrogen-bond acceptors (Lipinski definition) is 4. The number of rotatable bonds is 7. The molecule has 0 aliphatic carbocycles. The molecule has 1 aliphatic rings. The van der Waals surface area contributed by atoms with Crippen LogP contribution >= 0.6 is 0 Å². The van der Waals surface area contributed by atoms with Gasteiger partial charge in [0.1, 0.15) is 0 Å². The van der Waals surface area contributed by atoms with Crippen LogP contribution in [0.25, 0.3) is 0 Å². The fourth-order valence-electron chi connectivity index (χ4n) is 3.93. The van der Waals surface area contributed by atoms with Gasteiger partial charge in [-0.05, 0) is 54.8 Å². The van der Waals surface area contributed by atoms with Gasteiger partial charge in [-0.3, -0.25) is 0 Å². The molecule has 0 aromatic heterocycles. The van der Waals surface area contributed by atoms with Crippen molar-refractivity contribution in [3.8, 4) is 12.3 Å². The molecule has 0 atom stereocenters. The second-order valence-electron chi connectivity index (χ2n) is 8.48. The van der Waals surface area contributed by atoms with Gasteiger partial charge in [-0.25, -0.2) is 16.8 Å². The first kappa shape index (κ1) is 24.2. The summed E-state index contributed by atoms with van der Waals surface area (Å²) in [6.45, 7) is 4.34. The molecule has 0 spiro atoms. The minimum Gasteiger partial charge on any atom is -0.207 e. The number of nitrogens with zero attached hydrogens (tertiary/aromatic N) is 2. The van der Waals surface area contributed by atoms with Crippen LogP contribution in [0.15, 0.2) is 76.5 Å². The highest BCUT2D eigenvalue weighted by Gasteiger charge is 2.31. The Labute approximate surface area is 201 Å². The normalized spacial score (nSPS) is 14.2. The van der Waals surface area contributed by atoms with Crippen molar-refractivity contribution in [2.24, 2.45) is 0 Å². The molecule has 4 rings (SSSR count). The molecule has 0 radical (unpaired) electrons. The maximum atomic E-state index is 13.2. The summed E-state index contributed by atoms with van der Waals surface area (Å²) >= 11 is 0. The molecule has 0 N–H and O–H groups in total. The zero-order valence-electron chi connectivity index (χ0n) is 19.1. The molecule has 176 valence electrons. The molecule has 8 heteroatoms. The maximum Gasteiger partial charge on any atom is 0.244 e. The molecule has 34 heavy (non-hydrogen) atoms. The highest BCUT2D eigenvalue weighted by molar-refractivity contribution is 7.89. The lowest BCUT2D eigenvalue weighted by Gasteiger charge is -2.20. The first-order valence-corrected chi connectivity index (χ1v) is 13.7. The lowest BCUT2D eigenvalue weighted by Crippen LogP contribution is -2.31. The van der Waals surface area contributed by atoms with Crippen molar-refractivity contribution in [2.75, 3.05) is 6.54 Å². The molecule has 1 aliphatic heterocycles. The van der Waals surface area contributed by atoms with Gasteiger partial charge in [-0.2, -0.15) is 8.61 Å². The Balaban J connectivity index is 1.56. The number of hydrogen-bond donors (Lipinski definition) is 0. The average molecular weight is 495 g/mol. The molecule has 6 nitrogen and oxygen atoms in total. The molecule has 0 amide bonds. The molecular formula is C26H26N2O4S2. The molecule has 0 bridgehead atoms. The first-order valence-electron chi connectivity index (χ1n) is 10.8. The third kappa shape index (κ3) is 4.79. The molecular weight excluding hydrogens is 468 g/mol. The SMILES string of the molecule is C#CCN(Cc1ccc2c(c1)CN(S(=O)(=O)c1ccc(C)cc1)C2)S(=O)(=O)c1ccc(C)cc1. The Kier molecular flexibility index (Phi) is 6.65.